The van der Waals surface area contributed by atoms with Crippen LogP contribution in [0.25, 0.3) is 0 Å². The highest BCUT2D eigenvalue weighted by Gasteiger charge is 2.44. The molecule has 0 bridgehead atoms. The zero-order valence-corrected chi connectivity index (χ0v) is 29.2. The molecule has 4 aliphatic rings. The summed E-state index contributed by atoms with van der Waals surface area (Å²) in [7, 11) is 1.82. The summed E-state index contributed by atoms with van der Waals surface area (Å²) in [5, 5.41) is 2.22. The topological polar surface area (TPSA) is 179 Å². The number of fused-ring (bicyclic) bond motifs is 1. The molecule has 3 fully saturated rings. The van der Waals surface area contributed by atoms with Crippen molar-refractivity contribution in [3.63, 3.8) is 0 Å². The van der Waals surface area contributed by atoms with Crippen molar-refractivity contribution in [3.8, 4) is 0 Å². The molecule has 0 aliphatic carbocycles. The summed E-state index contributed by atoms with van der Waals surface area (Å²) in [5.41, 5.74) is 10.0. The first-order chi connectivity index (χ1) is 25.1. The fourth-order valence-corrected chi connectivity index (χ4v) is 7.67. The van der Waals surface area contributed by atoms with E-state index in [1.165, 1.54) is 0 Å². The minimum absolute atomic E-state index is 0.0586. The number of primary amides is 1. The van der Waals surface area contributed by atoms with E-state index in [-0.39, 0.29) is 36.2 Å². The van der Waals surface area contributed by atoms with Crippen LogP contribution in [0, 0.1) is 0 Å². The zero-order valence-electron chi connectivity index (χ0n) is 29.2. The predicted octanol–water partition coefficient (Wildman–Crippen LogP) is 2.47. The molecule has 1 aromatic heterocycles. The molecule has 3 N–H and O–H groups in total. The zero-order chi connectivity index (χ0) is 36.5. The molecule has 3 aromatic rings. The van der Waals surface area contributed by atoms with Crippen molar-refractivity contribution < 1.29 is 28.8 Å². The Bertz CT molecular complexity index is 1950. The molecule has 7 rings (SSSR count). The number of rotatable bonds is 11. The minimum atomic E-state index is -0.979. The number of unbranched alkanes of at least 4 members (excludes halogenated alkanes) is 1. The molecule has 3 saturated heterocycles. The molecule has 14 heteroatoms. The number of amides is 7. The smallest absolute Gasteiger partial charge is 0.320 e. The van der Waals surface area contributed by atoms with Crippen LogP contribution in [0.1, 0.15) is 92.1 Å². The van der Waals surface area contributed by atoms with E-state index >= 15 is 0 Å². The number of aryl methyl sites for hydroxylation is 2. The van der Waals surface area contributed by atoms with Gasteiger partial charge in [0.05, 0.1) is 29.1 Å². The second kappa shape index (κ2) is 14.5. The third kappa shape index (κ3) is 6.97. The Kier molecular flexibility index (Phi) is 9.71. The third-order valence-corrected chi connectivity index (χ3v) is 10.6. The number of hydrogen-bond acceptors (Lipinski definition) is 9. The Morgan fingerprint density at radius 3 is 2.31 bits per heavy atom. The first kappa shape index (κ1) is 34.8. The summed E-state index contributed by atoms with van der Waals surface area (Å²) in [6, 6.07) is 12.6. The Morgan fingerprint density at radius 1 is 0.885 bits per heavy atom. The summed E-state index contributed by atoms with van der Waals surface area (Å²) < 4.78 is 0. The maximum Gasteiger partial charge on any atom is 0.320 e. The summed E-state index contributed by atoms with van der Waals surface area (Å²) >= 11 is 0. The van der Waals surface area contributed by atoms with Crippen molar-refractivity contribution >= 4 is 41.4 Å². The highest BCUT2D eigenvalue weighted by molar-refractivity contribution is 6.23. The van der Waals surface area contributed by atoms with Crippen LogP contribution in [0.3, 0.4) is 0 Å². The fourth-order valence-electron chi connectivity index (χ4n) is 7.67. The van der Waals surface area contributed by atoms with Crippen molar-refractivity contribution in [1.29, 1.82) is 0 Å². The molecular formula is C38H42N8O6. The number of carbonyl (C=O) groups is 6. The second-order valence-electron chi connectivity index (χ2n) is 14.1. The SMILES string of the molecule is CN1CCN([C@@H]2CCCN(c3cnc(C(N)=O)c(Cc4ccc(CCCCc5ccc6c(c5)C(=O)N(C5CCC(=O)NC5=O)C6=O)cc4)n3)C2)C1=O. The van der Waals surface area contributed by atoms with E-state index in [9.17, 15) is 28.8 Å². The summed E-state index contributed by atoms with van der Waals surface area (Å²) in [6.07, 6.45) is 7.40. The van der Waals surface area contributed by atoms with E-state index in [1.54, 1.807) is 23.2 Å². The van der Waals surface area contributed by atoms with E-state index in [0.29, 0.717) is 30.0 Å². The first-order valence-electron chi connectivity index (χ1n) is 17.9. The average Bonchev–Trinajstić information content (AvgIpc) is 3.60. The number of carbonyl (C=O) groups excluding carboxylic acids is 6. The van der Waals surface area contributed by atoms with Crippen LogP contribution < -0.4 is 16.0 Å². The lowest BCUT2D eigenvalue weighted by atomic mass is 9.99. The van der Waals surface area contributed by atoms with Gasteiger partial charge >= 0.3 is 6.03 Å². The molecule has 4 aliphatic heterocycles. The molecule has 1 unspecified atom stereocenters. The van der Waals surface area contributed by atoms with E-state index in [0.717, 1.165) is 79.7 Å². The quantitative estimate of drug-likeness (QED) is 0.224. The van der Waals surface area contributed by atoms with Gasteiger partial charge in [0, 0.05) is 46.1 Å². The Hall–Kier alpha value is -5.66. The number of nitrogens with zero attached hydrogens (tertiary/aromatic N) is 6. The number of nitrogens with one attached hydrogen (secondary N) is 1. The molecule has 0 radical (unpaired) electrons. The number of nitrogens with two attached hydrogens (primary N) is 1. The highest BCUT2D eigenvalue weighted by atomic mass is 16.2. The van der Waals surface area contributed by atoms with Crippen molar-refractivity contribution in [2.75, 3.05) is 38.1 Å². The van der Waals surface area contributed by atoms with Crippen molar-refractivity contribution in [2.45, 2.75) is 69.9 Å². The Labute approximate surface area is 301 Å². The van der Waals surface area contributed by atoms with E-state index in [4.69, 9.17) is 10.7 Å². The van der Waals surface area contributed by atoms with Crippen LogP contribution in [0.15, 0.2) is 48.7 Å². The van der Waals surface area contributed by atoms with Crippen LogP contribution in [0.5, 0.6) is 0 Å². The third-order valence-electron chi connectivity index (χ3n) is 10.6. The van der Waals surface area contributed by atoms with Crippen LogP contribution in [-0.2, 0) is 28.9 Å². The lowest BCUT2D eigenvalue weighted by Gasteiger charge is -2.37. The lowest BCUT2D eigenvalue weighted by molar-refractivity contribution is -0.136. The van der Waals surface area contributed by atoms with Gasteiger partial charge in [-0.15, -0.1) is 0 Å². The normalized spacial score (nSPS) is 20.5. The number of aromatic nitrogens is 2. The average molecular weight is 707 g/mol. The molecule has 14 nitrogen and oxygen atoms in total. The van der Waals surface area contributed by atoms with Gasteiger partial charge < -0.3 is 20.4 Å². The molecule has 2 atom stereocenters. The van der Waals surface area contributed by atoms with Gasteiger partial charge in [-0.25, -0.2) is 14.8 Å². The van der Waals surface area contributed by atoms with Gasteiger partial charge in [-0.1, -0.05) is 30.3 Å². The van der Waals surface area contributed by atoms with E-state index < -0.39 is 35.6 Å². The number of urea groups is 1. The van der Waals surface area contributed by atoms with E-state index in [1.807, 2.05) is 30.1 Å². The largest absolute Gasteiger partial charge is 0.364 e. The van der Waals surface area contributed by atoms with Gasteiger partial charge in [0.25, 0.3) is 17.7 Å². The number of piperidine rings is 2. The predicted molar refractivity (Wildman–Crippen MR) is 190 cm³/mol. The molecular weight excluding hydrogens is 664 g/mol. The van der Waals surface area contributed by atoms with Crippen LogP contribution in [0.4, 0.5) is 10.6 Å². The maximum atomic E-state index is 13.2. The van der Waals surface area contributed by atoms with Crippen LogP contribution in [-0.4, -0.2) is 106 Å². The number of likely N-dealkylation sites (N-methyl/N-ethyl adjacent to an activating group) is 1. The lowest BCUT2D eigenvalue weighted by Crippen LogP contribution is -2.54. The Morgan fingerprint density at radius 2 is 1.60 bits per heavy atom. The van der Waals surface area contributed by atoms with Gasteiger partial charge in [-0.3, -0.25) is 34.2 Å². The maximum absolute atomic E-state index is 13.2. The second-order valence-corrected chi connectivity index (χ2v) is 14.1. The molecule has 7 amide bonds. The van der Waals surface area contributed by atoms with Gasteiger partial charge in [-0.2, -0.15) is 0 Å². The summed E-state index contributed by atoms with van der Waals surface area (Å²) in [4.78, 5) is 91.0. The number of benzene rings is 2. The molecule has 52 heavy (non-hydrogen) atoms. The number of hydrogen-bond donors (Lipinski definition) is 2. The fraction of sp³-hybridized carbons (Fsp3) is 0.421. The minimum Gasteiger partial charge on any atom is -0.364 e. The van der Waals surface area contributed by atoms with Gasteiger partial charge in [0.1, 0.15) is 17.6 Å². The van der Waals surface area contributed by atoms with Gasteiger partial charge in [0.15, 0.2) is 0 Å². The van der Waals surface area contributed by atoms with Crippen molar-refractivity contribution in [1.82, 2.24) is 30.0 Å². The standard InChI is InChI=1S/C38H42N8O6/c1-43-17-18-45(38(43)52)26-7-4-16-44(22-26)31-21-40-33(34(39)48)29(41-31)20-25-10-8-23(9-11-25)5-2-3-6-24-12-13-27-28(19-24)37(51)46(36(27)50)30-14-15-32(47)42-35(30)49/h8-13,19,21,26,30H,2-7,14-18,20,22H2,1H3,(H2,39,48)(H,42,47,49)/t26-,30?/m1/s1. The molecule has 5 heterocycles. The number of imide groups is 2. The van der Waals surface area contributed by atoms with Gasteiger partial charge in [0.2, 0.25) is 11.8 Å². The van der Waals surface area contributed by atoms with Crippen LogP contribution in [0.2, 0.25) is 0 Å². The van der Waals surface area contributed by atoms with Crippen molar-refractivity contribution in [2.24, 2.45) is 5.73 Å². The molecule has 0 spiro atoms. The molecule has 0 saturated carbocycles. The van der Waals surface area contributed by atoms with Crippen molar-refractivity contribution in [3.05, 3.63) is 87.9 Å². The summed E-state index contributed by atoms with van der Waals surface area (Å²) in [6.45, 7) is 2.89. The van der Waals surface area contributed by atoms with E-state index in [2.05, 4.69) is 27.3 Å². The monoisotopic (exact) mass is 706 g/mol. The molecule has 270 valence electrons. The Balaban J connectivity index is 0.934. The number of anilines is 1. The molecule has 2 aromatic carbocycles. The highest BCUT2D eigenvalue weighted by Crippen LogP contribution is 2.29. The van der Waals surface area contributed by atoms with Gasteiger partial charge in [-0.05, 0) is 73.8 Å². The van der Waals surface area contributed by atoms with Crippen LogP contribution >= 0.6 is 0 Å². The summed E-state index contributed by atoms with van der Waals surface area (Å²) in [5.74, 6) is -1.98. The first-order valence-corrected chi connectivity index (χ1v) is 17.9.